The summed E-state index contributed by atoms with van der Waals surface area (Å²) < 4.78 is 16.3. The molecule has 0 aromatic rings. The van der Waals surface area contributed by atoms with E-state index in [9.17, 15) is 14.7 Å². The molecule has 6 heteroatoms. The molecule has 1 heterocycles. The summed E-state index contributed by atoms with van der Waals surface area (Å²) in [4.78, 5) is 24.2. The maximum Gasteiger partial charge on any atom is 0.306 e. The first-order chi connectivity index (χ1) is 21.0. The Bertz CT molecular complexity index is 691. The van der Waals surface area contributed by atoms with Gasteiger partial charge in [0, 0.05) is 12.8 Å². The van der Waals surface area contributed by atoms with Crippen LogP contribution in [0.2, 0.25) is 0 Å². The zero-order valence-corrected chi connectivity index (χ0v) is 28.3. The largest absolute Gasteiger partial charge is 0.462 e. The molecule has 0 bridgehead atoms. The van der Waals surface area contributed by atoms with Crippen LogP contribution in [0.25, 0.3) is 0 Å². The second-order valence-electron chi connectivity index (χ2n) is 13.2. The molecule has 1 fully saturated rings. The van der Waals surface area contributed by atoms with Crippen molar-refractivity contribution < 1.29 is 28.9 Å². The number of carbonyl (C=O) groups is 2. The second-order valence-corrected chi connectivity index (χ2v) is 13.2. The van der Waals surface area contributed by atoms with Crippen molar-refractivity contribution in [2.24, 2.45) is 5.92 Å². The Morgan fingerprint density at radius 1 is 0.721 bits per heavy atom. The number of unbranched alkanes of at least 4 members (excludes halogenated alkanes) is 16. The van der Waals surface area contributed by atoms with Crippen LogP contribution in [0.5, 0.6) is 0 Å². The Balaban J connectivity index is 1.89. The third kappa shape index (κ3) is 25.6. The lowest BCUT2D eigenvalue weighted by Crippen LogP contribution is -2.28. The summed E-state index contributed by atoms with van der Waals surface area (Å²) in [5.41, 5.74) is 0. The third-order valence-corrected chi connectivity index (χ3v) is 8.41. The molecule has 6 nitrogen and oxygen atoms in total. The van der Waals surface area contributed by atoms with Gasteiger partial charge in [0.2, 0.25) is 0 Å². The Hall–Kier alpha value is -1.40. The SMILES string of the molecule is CCCCCC1OC1C/C=C\CCCCCCCC(=O)OC[C@H](CO)OC(=O)CCCCCCCCCCCCC(C)C. The van der Waals surface area contributed by atoms with Gasteiger partial charge in [-0.05, 0) is 44.4 Å². The van der Waals surface area contributed by atoms with Crippen molar-refractivity contribution in [3.05, 3.63) is 12.2 Å². The number of epoxide rings is 1. The van der Waals surface area contributed by atoms with Crippen LogP contribution in [0, 0.1) is 5.92 Å². The highest BCUT2D eigenvalue weighted by atomic mass is 16.6. The van der Waals surface area contributed by atoms with Crippen LogP contribution >= 0.6 is 0 Å². The molecular weight excluding hydrogens is 540 g/mol. The minimum absolute atomic E-state index is 0.0732. The van der Waals surface area contributed by atoms with Crippen molar-refractivity contribution >= 4 is 11.9 Å². The van der Waals surface area contributed by atoms with Gasteiger partial charge in [0.05, 0.1) is 18.8 Å². The Morgan fingerprint density at radius 3 is 1.91 bits per heavy atom. The first-order valence-electron chi connectivity index (χ1n) is 18.2. The van der Waals surface area contributed by atoms with Crippen LogP contribution in [0.4, 0.5) is 0 Å². The quantitative estimate of drug-likeness (QED) is 0.0365. The number of aliphatic hydroxyl groups excluding tert-OH is 1. The van der Waals surface area contributed by atoms with Crippen LogP contribution < -0.4 is 0 Å². The minimum atomic E-state index is -0.775. The van der Waals surface area contributed by atoms with Crippen LogP contribution in [-0.4, -0.2) is 48.6 Å². The Kier molecular flexibility index (Phi) is 25.9. The number of ether oxygens (including phenoxy) is 3. The van der Waals surface area contributed by atoms with Gasteiger partial charge in [0.15, 0.2) is 6.10 Å². The van der Waals surface area contributed by atoms with Crippen molar-refractivity contribution in [1.29, 1.82) is 0 Å². The first-order valence-corrected chi connectivity index (χ1v) is 18.2. The molecule has 1 saturated heterocycles. The van der Waals surface area contributed by atoms with Crippen molar-refractivity contribution in [3.63, 3.8) is 0 Å². The molecule has 252 valence electrons. The van der Waals surface area contributed by atoms with Crippen molar-refractivity contribution in [3.8, 4) is 0 Å². The molecule has 43 heavy (non-hydrogen) atoms. The Morgan fingerprint density at radius 2 is 1.30 bits per heavy atom. The van der Waals surface area contributed by atoms with Gasteiger partial charge in [-0.2, -0.15) is 0 Å². The van der Waals surface area contributed by atoms with Gasteiger partial charge in [-0.1, -0.05) is 136 Å². The van der Waals surface area contributed by atoms with Gasteiger partial charge in [0.25, 0.3) is 0 Å². The number of rotatable bonds is 31. The van der Waals surface area contributed by atoms with Gasteiger partial charge in [-0.25, -0.2) is 0 Å². The maximum absolute atomic E-state index is 12.1. The molecule has 1 N–H and O–H groups in total. The average molecular weight is 609 g/mol. The summed E-state index contributed by atoms with van der Waals surface area (Å²) in [7, 11) is 0. The second kappa shape index (κ2) is 28.1. The molecule has 0 spiro atoms. The van der Waals surface area contributed by atoms with Crippen molar-refractivity contribution in [2.45, 2.75) is 193 Å². The summed E-state index contributed by atoms with van der Waals surface area (Å²) in [5.74, 6) is 0.214. The predicted octanol–water partition coefficient (Wildman–Crippen LogP) is 9.80. The maximum atomic E-state index is 12.1. The van der Waals surface area contributed by atoms with E-state index in [4.69, 9.17) is 14.2 Å². The summed E-state index contributed by atoms with van der Waals surface area (Å²) in [6.45, 7) is 6.42. The molecule has 2 unspecified atom stereocenters. The number of aliphatic hydroxyl groups is 1. The molecule has 0 aromatic heterocycles. The number of allylic oxidation sites excluding steroid dienone is 1. The molecule has 0 aromatic carbocycles. The van der Waals surface area contributed by atoms with E-state index in [0.717, 1.165) is 57.3 Å². The third-order valence-electron chi connectivity index (χ3n) is 8.41. The molecule has 0 saturated carbocycles. The standard InChI is InChI=1S/C37H68O6/c1-4-5-20-26-34-35(43-34)27-22-17-13-10-11-14-18-23-28-36(39)41-31-33(30-38)42-37(40)29-24-19-15-9-7-6-8-12-16-21-25-32(2)3/h17,22,32-35,38H,4-16,18-21,23-31H2,1-3H3/b22-17-/t33-,34?,35?/m0/s1. The molecule has 0 radical (unpaired) electrons. The topological polar surface area (TPSA) is 85.4 Å². The fraction of sp³-hybridized carbons (Fsp3) is 0.892. The van der Waals surface area contributed by atoms with Crippen LogP contribution in [0.15, 0.2) is 12.2 Å². The number of esters is 2. The highest BCUT2D eigenvalue weighted by Crippen LogP contribution is 2.30. The highest BCUT2D eigenvalue weighted by Gasteiger charge is 2.36. The molecule has 1 aliphatic heterocycles. The normalized spacial score (nSPS) is 17.0. The van der Waals surface area contributed by atoms with E-state index in [1.54, 1.807) is 0 Å². The molecule has 3 atom stereocenters. The van der Waals surface area contributed by atoms with E-state index in [-0.39, 0.29) is 25.2 Å². The fourth-order valence-corrected chi connectivity index (χ4v) is 5.51. The van der Waals surface area contributed by atoms with Crippen molar-refractivity contribution in [1.82, 2.24) is 0 Å². The van der Waals surface area contributed by atoms with Gasteiger partial charge in [-0.15, -0.1) is 0 Å². The molecule has 0 aliphatic carbocycles. The fourth-order valence-electron chi connectivity index (χ4n) is 5.51. The lowest BCUT2D eigenvalue weighted by atomic mass is 10.0. The van der Waals surface area contributed by atoms with Crippen molar-refractivity contribution in [2.75, 3.05) is 13.2 Å². The van der Waals surface area contributed by atoms with Crippen LogP contribution in [0.3, 0.4) is 0 Å². The molecule has 1 rings (SSSR count). The van der Waals surface area contributed by atoms with E-state index >= 15 is 0 Å². The smallest absolute Gasteiger partial charge is 0.306 e. The lowest BCUT2D eigenvalue weighted by molar-refractivity contribution is -0.161. The number of carbonyl (C=O) groups excluding carboxylic acids is 2. The molecule has 1 aliphatic rings. The Labute approximate surface area is 265 Å². The highest BCUT2D eigenvalue weighted by molar-refractivity contribution is 5.70. The summed E-state index contributed by atoms with van der Waals surface area (Å²) in [6, 6.07) is 0. The zero-order valence-electron chi connectivity index (χ0n) is 28.3. The predicted molar refractivity (Wildman–Crippen MR) is 177 cm³/mol. The first kappa shape index (κ1) is 39.6. The average Bonchev–Trinajstić information content (AvgIpc) is 3.74. The summed E-state index contributed by atoms with van der Waals surface area (Å²) in [5, 5.41) is 9.52. The summed E-state index contributed by atoms with van der Waals surface area (Å²) in [6.07, 6.45) is 31.5. The molecule has 0 amide bonds. The zero-order chi connectivity index (χ0) is 31.4. The number of hydrogen-bond donors (Lipinski definition) is 1. The monoisotopic (exact) mass is 609 g/mol. The van der Waals surface area contributed by atoms with E-state index in [1.165, 1.54) is 89.9 Å². The van der Waals surface area contributed by atoms with E-state index in [2.05, 4.69) is 32.9 Å². The summed E-state index contributed by atoms with van der Waals surface area (Å²) >= 11 is 0. The minimum Gasteiger partial charge on any atom is -0.462 e. The van der Waals surface area contributed by atoms with E-state index < -0.39 is 6.10 Å². The van der Waals surface area contributed by atoms with Crippen LogP contribution in [0.1, 0.15) is 175 Å². The van der Waals surface area contributed by atoms with E-state index in [1.807, 2.05) is 0 Å². The number of hydrogen-bond acceptors (Lipinski definition) is 6. The lowest BCUT2D eigenvalue weighted by Gasteiger charge is -2.15. The van der Waals surface area contributed by atoms with Gasteiger partial charge in [-0.3, -0.25) is 9.59 Å². The molecular formula is C37H68O6. The van der Waals surface area contributed by atoms with Crippen LogP contribution in [-0.2, 0) is 23.8 Å². The van der Waals surface area contributed by atoms with Gasteiger partial charge in [0.1, 0.15) is 6.61 Å². The van der Waals surface area contributed by atoms with Gasteiger partial charge < -0.3 is 19.3 Å². The van der Waals surface area contributed by atoms with Gasteiger partial charge >= 0.3 is 11.9 Å². The van der Waals surface area contributed by atoms with E-state index in [0.29, 0.717) is 25.0 Å².